The topological polar surface area (TPSA) is 94.4 Å². The van der Waals surface area contributed by atoms with E-state index in [-0.39, 0.29) is 5.97 Å². The van der Waals surface area contributed by atoms with Crippen LogP contribution in [0, 0.1) is 0 Å². The highest BCUT2D eigenvalue weighted by atomic mass is 16.5. The maximum atomic E-state index is 12.0. The van der Waals surface area contributed by atoms with Crippen LogP contribution in [0.4, 0.5) is 5.69 Å². The molecular formula is C24H27NO6. The lowest BCUT2D eigenvalue weighted by atomic mass is 10.1. The second kappa shape index (κ2) is 12.2. The van der Waals surface area contributed by atoms with Crippen molar-refractivity contribution in [2.45, 2.75) is 26.2 Å². The normalized spacial score (nSPS) is 10.6. The summed E-state index contributed by atoms with van der Waals surface area (Å²) in [5, 5.41) is 8.90. The van der Waals surface area contributed by atoms with Gasteiger partial charge in [0.15, 0.2) is 18.1 Å². The molecular weight excluding hydrogens is 398 g/mol. The lowest BCUT2D eigenvalue weighted by Crippen LogP contribution is -2.11. The van der Waals surface area contributed by atoms with Crippen molar-refractivity contribution < 1.29 is 28.9 Å². The van der Waals surface area contributed by atoms with Gasteiger partial charge in [-0.1, -0.05) is 19.4 Å². The molecule has 0 atom stereocenters. The van der Waals surface area contributed by atoms with Gasteiger partial charge in [0.2, 0.25) is 0 Å². The van der Waals surface area contributed by atoms with Crippen molar-refractivity contribution >= 4 is 23.8 Å². The van der Waals surface area contributed by atoms with E-state index in [1.807, 2.05) is 13.0 Å². The van der Waals surface area contributed by atoms with E-state index in [0.29, 0.717) is 35.8 Å². The smallest absolute Gasteiger partial charge is 0.341 e. The third-order valence-corrected chi connectivity index (χ3v) is 4.27. The number of ether oxygens (including phenoxy) is 3. The van der Waals surface area contributed by atoms with Crippen molar-refractivity contribution in [3.63, 3.8) is 0 Å². The lowest BCUT2D eigenvalue weighted by molar-refractivity contribution is -0.139. The second-order valence-electron chi connectivity index (χ2n) is 6.68. The molecule has 0 amide bonds. The Balaban J connectivity index is 2.19. The number of carboxylic acid groups (broad SMARTS) is 1. The zero-order chi connectivity index (χ0) is 22.6. The van der Waals surface area contributed by atoms with E-state index in [2.05, 4.69) is 11.6 Å². The van der Waals surface area contributed by atoms with Crippen LogP contribution in [-0.2, 0) is 16.0 Å². The van der Waals surface area contributed by atoms with Gasteiger partial charge in [-0.25, -0.2) is 9.59 Å². The van der Waals surface area contributed by atoms with Gasteiger partial charge in [-0.2, -0.15) is 0 Å². The van der Waals surface area contributed by atoms with E-state index in [0.717, 1.165) is 24.0 Å². The Labute approximate surface area is 182 Å². The predicted molar refractivity (Wildman–Crippen MR) is 119 cm³/mol. The van der Waals surface area contributed by atoms with Gasteiger partial charge < -0.3 is 19.3 Å². The van der Waals surface area contributed by atoms with Crippen LogP contribution in [0.2, 0.25) is 0 Å². The molecule has 2 rings (SSSR count). The van der Waals surface area contributed by atoms with Crippen LogP contribution in [0.15, 0.2) is 54.0 Å². The number of aliphatic imine (C=N–C) groups is 1. The zero-order valence-electron chi connectivity index (χ0n) is 17.8. The third kappa shape index (κ3) is 7.29. The third-order valence-electron chi connectivity index (χ3n) is 4.27. The molecule has 0 unspecified atom stereocenters. The molecule has 164 valence electrons. The number of carboxylic acids is 1. The Kier molecular flexibility index (Phi) is 9.29. The Morgan fingerprint density at radius 2 is 1.94 bits per heavy atom. The highest BCUT2D eigenvalue weighted by molar-refractivity contribution is 5.90. The molecule has 0 aliphatic heterocycles. The van der Waals surface area contributed by atoms with Gasteiger partial charge in [-0.05, 0) is 54.8 Å². The number of hydrogen-bond donors (Lipinski definition) is 1. The van der Waals surface area contributed by atoms with Gasteiger partial charge in [0, 0.05) is 11.8 Å². The van der Waals surface area contributed by atoms with E-state index in [1.54, 1.807) is 42.6 Å². The van der Waals surface area contributed by atoms with Gasteiger partial charge >= 0.3 is 11.9 Å². The monoisotopic (exact) mass is 425 g/mol. The molecule has 2 aromatic carbocycles. The summed E-state index contributed by atoms with van der Waals surface area (Å²) >= 11 is 0. The quantitative estimate of drug-likeness (QED) is 0.231. The average Bonchev–Trinajstić information content (AvgIpc) is 2.77. The summed E-state index contributed by atoms with van der Waals surface area (Å²) in [6.07, 6.45) is 5.63. The molecule has 31 heavy (non-hydrogen) atoms. The molecule has 0 heterocycles. The summed E-state index contributed by atoms with van der Waals surface area (Å²) in [4.78, 5) is 27.3. The maximum absolute atomic E-state index is 12.0. The Bertz CT molecular complexity index is 934. The van der Waals surface area contributed by atoms with Crippen LogP contribution >= 0.6 is 0 Å². The number of hydrogen-bond acceptors (Lipinski definition) is 6. The van der Waals surface area contributed by atoms with Gasteiger partial charge in [0.1, 0.15) is 0 Å². The summed E-state index contributed by atoms with van der Waals surface area (Å²) in [5.74, 6) is -0.644. The van der Waals surface area contributed by atoms with Crippen molar-refractivity contribution in [3.05, 3.63) is 65.7 Å². The van der Waals surface area contributed by atoms with Gasteiger partial charge in [0.25, 0.3) is 0 Å². The van der Waals surface area contributed by atoms with Crippen molar-refractivity contribution in [1.29, 1.82) is 0 Å². The first-order valence-electron chi connectivity index (χ1n) is 9.96. The molecule has 7 heteroatoms. The lowest BCUT2D eigenvalue weighted by Gasteiger charge is -2.14. The number of benzene rings is 2. The van der Waals surface area contributed by atoms with Crippen molar-refractivity contribution in [1.82, 2.24) is 0 Å². The fourth-order valence-corrected chi connectivity index (χ4v) is 2.74. The Morgan fingerprint density at radius 3 is 2.55 bits per heavy atom. The summed E-state index contributed by atoms with van der Waals surface area (Å²) < 4.78 is 16.0. The molecule has 0 spiro atoms. The number of rotatable bonds is 12. The minimum absolute atomic E-state index is 0.347. The molecule has 0 fully saturated rings. The number of carbonyl (C=O) groups is 2. The number of allylic oxidation sites excluding steroid dienone is 1. The Morgan fingerprint density at radius 1 is 1.19 bits per heavy atom. The summed E-state index contributed by atoms with van der Waals surface area (Å²) in [6.45, 7) is 5.71. The summed E-state index contributed by atoms with van der Waals surface area (Å²) in [6, 6.07) is 10.4. The Hall–Kier alpha value is -3.61. The number of methoxy groups -OCH3 is 1. The van der Waals surface area contributed by atoms with Gasteiger partial charge in [-0.15, -0.1) is 6.58 Å². The van der Waals surface area contributed by atoms with Gasteiger partial charge in [-0.3, -0.25) is 4.99 Å². The predicted octanol–water partition coefficient (Wildman–Crippen LogP) is 4.59. The highest BCUT2D eigenvalue weighted by Crippen LogP contribution is 2.33. The fraction of sp³-hybridized carbons (Fsp3) is 0.292. The second-order valence-corrected chi connectivity index (χ2v) is 6.68. The molecule has 0 saturated carbocycles. The van der Waals surface area contributed by atoms with Crippen molar-refractivity contribution in [2.24, 2.45) is 4.99 Å². The van der Waals surface area contributed by atoms with E-state index >= 15 is 0 Å². The van der Waals surface area contributed by atoms with E-state index in [1.165, 1.54) is 7.11 Å². The molecule has 0 saturated heterocycles. The fourth-order valence-electron chi connectivity index (χ4n) is 2.74. The average molecular weight is 425 g/mol. The number of esters is 1. The molecule has 7 nitrogen and oxygen atoms in total. The first kappa shape index (κ1) is 23.7. The maximum Gasteiger partial charge on any atom is 0.341 e. The molecule has 0 aliphatic rings. The van der Waals surface area contributed by atoms with Crippen molar-refractivity contribution in [2.75, 3.05) is 20.3 Å². The van der Waals surface area contributed by atoms with Crippen LogP contribution in [0.3, 0.4) is 0 Å². The molecule has 2 aromatic rings. The van der Waals surface area contributed by atoms with E-state index in [9.17, 15) is 9.59 Å². The molecule has 0 aliphatic carbocycles. The standard InChI is InChI=1S/C24H27NO6/c1-4-6-12-30-24(28)18-8-10-20(11-9-18)25-15-17-13-19(7-5-2)23(21(14-17)29-3)31-16-22(26)27/h5,8-11,13-15H,2,4,6-7,12,16H2,1,3H3,(H,26,27). The number of nitrogens with zero attached hydrogens (tertiary/aromatic N) is 1. The zero-order valence-corrected chi connectivity index (χ0v) is 17.8. The summed E-state index contributed by atoms with van der Waals surface area (Å²) in [7, 11) is 1.49. The first-order chi connectivity index (χ1) is 15.0. The van der Waals surface area contributed by atoms with E-state index < -0.39 is 12.6 Å². The van der Waals surface area contributed by atoms with Crippen LogP contribution < -0.4 is 9.47 Å². The minimum atomic E-state index is -1.07. The largest absolute Gasteiger partial charge is 0.493 e. The number of aliphatic carboxylic acids is 1. The molecule has 0 radical (unpaired) electrons. The molecule has 0 aromatic heterocycles. The van der Waals surface area contributed by atoms with Crippen LogP contribution in [0.25, 0.3) is 0 Å². The first-order valence-corrected chi connectivity index (χ1v) is 9.96. The van der Waals surface area contributed by atoms with Crippen LogP contribution in [0.5, 0.6) is 11.5 Å². The molecule has 0 bridgehead atoms. The van der Waals surface area contributed by atoms with Crippen molar-refractivity contribution in [3.8, 4) is 11.5 Å². The number of unbranched alkanes of at least 4 members (excludes halogenated alkanes) is 1. The van der Waals surface area contributed by atoms with Gasteiger partial charge in [0.05, 0.1) is 25.0 Å². The SMILES string of the molecule is C=CCc1cc(C=Nc2ccc(C(=O)OCCCC)cc2)cc(OC)c1OCC(=O)O. The highest BCUT2D eigenvalue weighted by Gasteiger charge is 2.14. The summed E-state index contributed by atoms with van der Waals surface area (Å²) in [5.41, 5.74) is 2.63. The minimum Gasteiger partial charge on any atom is -0.493 e. The molecule has 1 N–H and O–H groups in total. The van der Waals surface area contributed by atoms with E-state index in [4.69, 9.17) is 19.3 Å². The van der Waals surface area contributed by atoms with Crippen LogP contribution in [0.1, 0.15) is 41.3 Å². The van der Waals surface area contributed by atoms with Crippen LogP contribution in [-0.4, -0.2) is 43.6 Å². The number of carbonyl (C=O) groups excluding carboxylic acids is 1.